The molecule has 4 atom stereocenters. The molecule has 0 aromatic carbocycles. The van der Waals surface area contributed by atoms with Crippen LogP contribution in [0.5, 0.6) is 0 Å². The molecular weight excluding hydrogens is 282 g/mol. The van der Waals surface area contributed by atoms with Crippen LogP contribution in [0, 0.1) is 17.8 Å². The Kier molecular flexibility index (Phi) is 6.50. The van der Waals surface area contributed by atoms with Crippen LogP contribution >= 0.6 is 0 Å². The summed E-state index contributed by atoms with van der Waals surface area (Å²) >= 11 is 0. The number of amides is 1. The number of hydrogen-bond donors (Lipinski definition) is 3. The van der Waals surface area contributed by atoms with Crippen molar-refractivity contribution in [1.82, 2.24) is 5.32 Å². The van der Waals surface area contributed by atoms with Crippen molar-refractivity contribution in [1.29, 1.82) is 0 Å². The maximum Gasteiger partial charge on any atom is 0.404 e. The average Bonchev–Trinajstić information content (AvgIpc) is 3.28. The second-order valence-corrected chi connectivity index (χ2v) is 7.38. The molecule has 0 aromatic heterocycles. The van der Waals surface area contributed by atoms with Crippen LogP contribution in [0.4, 0.5) is 4.79 Å². The van der Waals surface area contributed by atoms with Gasteiger partial charge in [0, 0.05) is 0 Å². The Bertz CT molecular complexity index is 349. The van der Waals surface area contributed by atoms with Gasteiger partial charge in [-0.1, -0.05) is 46.0 Å². The van der Waals surface area contributed by atoms with Crippen molar-refractivity contribution < 1.29 is 19.7 Å². The Morgan fingerprint density at radius 1 is 1.27 bits per heavy atom. The van der Waals surface area contributed by atoms with Gasteiger partial charge in [-0.3, -0.25) is 0 Å². The first-order valence-electron chi connectivity index (χ1n) is 8.76. The van der Waals surface area contributed by atoms with Crippen molar-refractivity contribution in [3.63, 3.8) is 0 Å². The molecule has 1 heterocycles. The van der Waals surface area contributed by atoms with Crippen molar-refractivity contribution in [3.05, 3.63) is 0 Å². The van der Waals surface area contributed by atoms with Crippen molar-refractivity contribution in [3.8, 4) is 0 Å². The first-order valence-corrected chi connectivity index (χ1v) is 8.76. The normalized spacial score (nSPS) is 26.5. The van der Waals surface area contributed by atoms with E-state index in [4.69, 9.17) is 9.84 Å². The molecule has 128 valence electrons. The molecule has 1 amide bonds. The standard InChI is InChI=1S/C17H31NO4/c1-11(2)13(16-10-22-16)9-15(19)14(18-17(20)21)8-12-6-4-3-5-7-12/h11-16,18-19H,3-10H2,1-2H3,(H,20,21)/t13-,14-,15-,16+/m0/s1. The van der Waals surface area contributed by atoms with Gasteiger partial charge in [-0.15, -0.1) is 0 Å². The molecule has 0 radical (unpaired) electrons. The lowest BCUT2D eigenvalue weighted by molar-refractivity contribution is 0.0681. The van der Waals surface area contributed by atoms with Crippen LogP contribution in [0.15, 0.2) is 0 Å². The first-order chi connectivity index (χ1) is 10.5. The third-order valence-corrected chi connectivity index (χ3v) is 5.29. The van der Waals surface area contributed by atoms with E-state index in [1.807, 2.05) is 0 Å². The van der Waals surface area contributed by atoms with E-state index >= 15 is 0 Å². The van der Waals surface area contributed by atoms with Crippen molar-refractivity contribution in [2.75, 3.05) is 6.61 Å². The number of ether oxygens (including phenoxy) is 1. The van der Waals surface area contributed by atoms with Crippen molar-refractivity contribution in [2.24, 2.45) is 17.8 Å². The van der Waals surface area contributed by atoms with E-state index in [2.05, 4.69) is 19.2 Å². The molecular formula is C17H31NO4. The number of carboxylic acid groups (broad SMARTS) is 1. The SMILES string of the molecule is CC(C)[C@H](C[C@H](O)[C@H](CC1CCCCC1)NC(=O)O)[C@H]1CO1. The van der Waals surface area contributed by atoms with Gasteiger partial charge in [-0.05, 0) is 30.6 Å². The molecule has 1 aliphatic carbocycles. The van der Waals surface area contributed by atoms with Crippen LogP contribution in [-0.4, -0.2) is 41.2 Å². The second-order valence-electron chi connectivity index (χ2n) is 7.38. The number of rotatable bonds is 8. The lowest BCUT2D eigenvalue weighted by atomic mass is 9.80. The van der Waals surface area contributed by atoms with Crippen molar-refractivity contribution in [2.45, 2.75) is 77.0 Å². The van der Waals surface area contributed by atoms with Gasteiger partial charge in [-0.2, -0.15) is 0 Å². The summed E-state index contributed by atoms with van der Waals surface area (Å²) in [5, 5.41) is 22.2. The molecule has 0 unspecified atom stereocenters. The van der Waals surface area contributed by atoms with Gasteiger partial charge in [0.2, 0.25) is 0 Å². The zero-order valence-electron chi connectivity index (χ0n) is 13.8. The van der Waals surface area contributed by atoms with Crippen LogP contribution in [0.3, 0.4) is 0 Å². The summed E-state index contributed by atoms with van der Waals surface area (Å²) in [6, 6.07) is -0.361. The zero-order valence-corrected chi connectivity index (χ0v) is 13.8. The summed E-state index contributed by atoms with van der Waals surface area (Å²) < 4.78 is 5.40. The fourth-order valence-electron chi connectivity index (χ4n) is 3.85. The molecule has 1 aliphatic heterocycles. The zero-order chi connectivity index (χ0) is 16.1. The van der Waals surface area contributed by atoms with Gasteiger partial charge in [0.25, 0.3) is 0 Å². The molecule has 3 N–H and O–H groups in total. The third kappa shape index (κ3) is 5.43. The highest BCUT2D eigenvalue weighted by molar-refractivity contribution is 5.64. The maximum absolute atomic E-state index is 11.1. The minimum atomic E-state index is -1.04. The van der Waals surface area contributed by atoms with Gasteiger partial charge in [0.05, 0.1) is 24.9 Å². The van der Waals surface area contributed by atoms with E-state index < -0.39 is 12.2 Å². The van der Waals surface area contributed by atoms with Gasteiger partial charge in [-0.25, -0.2) is 4.79 Å². The molecule has 0 spiro atoms. The van der Waals surface area contributed by atoms with E-state index in [0.717, 1.165) is 25.9 Å². The Labute approximate surface area is 133 Å². The van der Waals surface area contributed by atoms with E-state index in [-0.39, 0.29) is 12.1 Å². The quantitative estimate of drug-likeness (QED) is 0.602. The largest absolute Gasteiger partial charge is 0.465 e. The lowest BCUT2D eigenvalue weighted by Gasteiger charge is -2.31. The van der Waals surface area contributed by atoms with E-state index in [1.165, 1.54) is 19.3 Å². The Morgan fingerprint density at radius 2 is 1.91 bits per heavy atom. The van der Waals surface area contributed by atoms with Crippen LogP contribution in [0.1, 0.15) is 58.8 Å². The molecule has 1 saturated heterocycles. The highest BCUT2D eigenvalue weighted by Crippen LogP contribution is 2.33. The lowest BCUT2D eigenvalue weighted by Crippen LogP contribution is -2.45. The predicted molar refractivity (Wildman–Crippen MR) is 84.8 cm³/mol. The molecule has 0 bridgehead atoms. The number of aliphatic hydroxyl groups is 1. The summed E-state index contributed by atoms with van der Waals surface area (Å²) in [7, 11) is 0. The Morgan fingerprint density at radius 3 is 2.41 bits per heavy atom. The van der Waals surface area contributed by atoms with E-state index in [1.54, 1.807) is 0 Å². The summed E-state index contributed by atoms with van der Waals surface area (Å²) in [6.07, 6.45) is 5.99. The monoisotopic (exact) mass is 313 g/mol. The van der Waals surface area contributed by atoms with Gasteiger partial charge in [0.1, 0.15) is 0 Å². The summed E-state index contributed by atoms with van der Waals surface area (Å²) in [5.41, 5.74) is 0. The Hall–Kier alpha value is -0.810. The number of nitrogens with one attached hydrogen (secondary N) is 1. The van der Waals surface area contributed by atoms with Gasteiger partial charge >= 0.3 is 6.09 Å². The predicted octanol–water partition coefficient (Wildman–Crippen LogP) is 3.02. The molecule has 1 saturated carbocycles. The molecule has 5 nitrogen and oxygen atoms in total. The molecule has 2 fully saturated rings. The van der Waals surface area contributed by atoms with Crippen LogP contribution in [0.25, 0.3) is 0 Å². The fourth-order valence-corrected chi connectivity index (χ4v) is 3.85. The topological polar surface area (TPSA) is 82.1 Å². The van der Waals surface area contributed by atoms with E-state index in [9.17, 15) is 9.90 Å². The second kappa shape index (κ2) is 8.16. The number of carbonyl (C=O) groups is 1. The highest BCUT2D eigenvalue weighted by atomic mass is 16.6. The summed E-state index contributed by atoms with van der Waals surface area (Å²) in [5.74, 6) is 1.27. The van der Waals surface area contributed by atoms with Gasteiger partial charge in [0.15, 0.2) is 0 Å². The van der Waals surface area contributed by atoms with Gasteiger partial charge < -0.3 is 20.3 Å². The average molecular weight is 313 g/mol. The smallest absolute Gasteiger partial charge is 0.404 e. The van der Waals surface area contributed by atoms with E-state index in [0.29, 0.717) is 24.2 Å². The van der Waals surface area contributed by atoms with Crippen LogP contribution < -0.4 is 5.32 Å². The molecule has 0 aromatic rings. The molecule has 2 aliphatic rings. The summed E-state index contributed by atoms with van der Waals surface area (Å²) in [6.45, 7) is 5.05. The van der Waals surface area contributed by atoms with Crippen LogP contribution in [-0.2, 0) is 4.74 Å². The Balaban J connectivity index is 1.91. The number of epoxide rings is 1. The van der Waals surface area contributed by atoms with Crippen LogP contribution in [0.2, 0.25) is 0 Å². The molecule has 22 heavy (non-hydrogen) atoms. The fraction of sp³-hybridized carbons (Fsp3) is 0.941. The third-order valence-electron chi connectivity index (χ3n) is 5.29. The summed E-state index contributed by atoms with van der Waals surface area (Å²) in [4.78, 5) is 11.1. The molecule has 5 heteroatoms. The number of aliphatic hydroxyl groups excluding tert-OH is 1. The first kappa shape index (κ1) is 17.5. The number of hydrogen-bond acceptors (Lipinski definition) is 3. The minimum absolute atomic E-state index is 0.245. The molecule has 2 rings (SSSR count). The maximum atomic E-state index is 11.1. The highest BCUT2D eigenvalue weighted by Gasteiger charge is 2.38. The van der Waals surface area contributed by atoms with Crippen molar-refractivity contribution >= 4 is 6.09 Å². The minimum Gasteiger partial charge on any atom is -0.465 e.